The van der Waals surface area contributed by atoms with Gasteiger partial charge in [-0.1, -0.05) is 13.8 Å². The minimum Gasteiger partial charge on any atom is -0.336 e. The molecule has 1 amide bonds. The predicted octanol–water partition coefficient (Wildman–Crippen LogP) is 4.54. The second-order valence-electron chi connectivity index (χ2n) is 8.70. The summed E-state index contributed by atoms with van der Waals surface area (Å²) in [6, 6.07) is 2.71. The zero-order chi connectivity index (χ0) is 18.4. The molecule has 0 N–H and O–H groups in total. The minimum absolute atomic E-state index is 0.172. The van der Waals surface area contributed by atoms with Gasteiger partial charge < -0.3 is 4.90 Å². The lowest BCUT2D eigenvalue weighted by Crippen LogP contribution is -2.34. The van der Waals surface area contributed by atoms with Gasteiger partial charge in [-0.15, -0.1) is 0 Å². The highest BCUT2D eigenvalue weighted by atomic mass is 16.2. The van der Waals surface area contributed by atoms with Crippen molar-refractivity contribution in [3.05, 3.63) is 23.5 Å². The van der Waals surface area contributed by atoms with Crippen LogP contribution in [0.1, 0.15) is 87.8 Å². The number of fused-ring (bicyclic) bond motifs is 1. The Hall–Kier alpha value is -1.91. The van der Waals surface area contributed by atoms with Crippen LogP contribution in [0.3, 0.4) is 0 Å². The topological polar surface area (TPSA) is 51.0 Å². The van der Waals surface area contributed by atoms with Crippen molar-refractivity contribution in [2.24, 2.45) is 5.92 Å². The number of carbonyl (C=O) groups is 1. The van der Waals surface area contributed by atoms with Gasteiger partial charge in [0.05, 0.1) is 17.1 Å². The Balaban J connectivity index is 1.75. The van der Waals surface area contributed by atoms with Crippen LogP contribution in [-0.2, 0) is 0 Å². The Morgan fingerprint density at radius 1 is 1.23 bits per heavy atom. The fraction of sp³-hybridized carbons (Fsp3) is 0.667. The van der Waals surface area contributed by atoms with Gasteiger partial charge in [-0.2, -0.15) is 5.10 Å². The lowest BCUT2D eigenvalue weighted by atomic mass is 10.1. The van der Waals surface area contributed by atoms with Crippen molar-refractivity contribution >= 4 is 16.9 Å². The Kier molecular flexibility index (Phi) is 4.49. The summed E-state index contributed by atoms with van der Waals surface area (Å²) in [6.45, 7) is 9.51. The third kappa shape index (κ3) is 3.36. The maximum absolute atomic E-state index is 13.5. The molecule has 140 valence electrons. The summed E-state index contributed by atoms with van der Waals surface area (Å²) in [7, 11) is 0. The summed E-state index contributed by atoms with van der Waals surface area (Å²) in [4.78, 5) is 20.5. The van der Waals surface area contributed by atoms with E-state index < -0.39 is 0 Å². The molecule has 0 atom stereocenters. The van der Waals surface area contributed by atoms with Crippen LogP contribution in [0.15, 0.2) is 12.3 Å². The lowest BCUT2D eigenvalue weighted by molar-refractivity contribution is 0.0737. The van der Waals surface area contributed by atoms with E-state index in [9.17, 15) is 4.79 Å². The molecule has 2 heterocycles. The van der Waals surface area contributed by atoms with Crippen LogP contribution >= 0.6 is 0 Å². The molecular formula is C21H30N4O. The first-order valence-corrected chi connectivity index (χ1v) is 10.1. The lowest BCUT2D eigenvalue weighted by Gasteiger charge is -2.24. The van der Waals surface area contributed by atoms with Crippen LogP contribution in [0.4, 0.5) is 0 Å². The Bertz CT molecular complexity index is 815. The number of carbonyl (C=O) groups excluding carboxylic acids is 1. The molecule has 26 heavy (non-hydrogen) atoms. The first-order chi connectivity index (χ1) is 12.5. The van der Waals surface area contributed by atoms with Crippen LogP contribution < -0.4 is 0 Å². The Labute approximate surface area is 155 Å². The van der Waals surface area contributed by atoms with E-state index in [1.807, 2.05) is 10.9 Å². The molecule has 2 fully saturated rings. The summed E-state index contributed by atoms with van der Waals surface area (Å²) in [5.41, 5.74) is 2.75. The van der Waals surface area contributed by atoms with Crippen LogP contribution in [0.5, 0.6) is 0 Å². The molecule has 2 aromatic heterocycles. The number of rotatable bonds is 7. The number of aromatic nitrogens is 3. The van der Waals surface area contributed by atoms with Gasteiger partial charge in [0.1, 0.15) is 0 Å². The standard InChI is InChI=1S/C21H30N4O/c1-13(2)9-10-24(16-7-8-16)21(26)17-11-19(15-5-6-15)23-20-18(17)12-22-25(20)14(3)4/h11-16H,5-10H2,1-4H3. The maximum atomic E-state index is 13.5. The van der Waals surface area contributed by atoms with Crippen molar-refractivity contribution in [2.45, 2.75) is 77.8 Å². The van der Waals surface area contributed by atoms with Gasteiger partial charge in [0.15, 0.2) is 5.65 Å². The smallest absolute Gasteiger partial charge is 0.254 e. The van der Waals surface area contributed by atoms with Crippen LogP contribution in [0.25, 0.3) is 11.0 Å². The summed E-state index contributed by atoms with van der Waals surface area (Å²) in [5, 5.41) is 5.44. The molecule has 0 aromatic carbocycles. The number of nitrogens with zero attached hydrogens (tertiary/aromatic N) is 4. The SMILES string of the molecule is CC(C)CCN(C(=O)c1cc(C2CC2)nc2c1cnn2C(C)C)C1CC1. The zero-order valence-corrected chi connectivity index (χ0v) is 16.4. The predicted molar refractivity (Wildman–Crippen MR) is 103 cm³/mol. The van der Waals surface area contributed by atoms with E-state index in [0.717, 1.165) is 48.1 Å². The molecule has 0 aliphatic heterocycles. The van der Waals surface area contributed by atoms with E-state index in [-0.39, 0.29) is 11.9 Å². The van der Waals surface area contributed by atoms with Gasteiger partial charge in [-0.05, 0) is 57.9 Å². The highest BCUT2D eigenvalue weighted by Gasteiger charge is 2.35. The van der Waals surface area contributed by atoms with E-state index in [2.05, 4.69) is 43.8 Å². The van der Waals surface area contributed by atoms with Crippen LogP contribution in [-0.4, -0.2) is 38.2 Å². The first kappa shape index (κ1) is 17.5. The summed E-state index contributed by atoms with van der Waals surface area (Å²) in [5.74, 6) is 1.30. The highest BCUT2D eigenvalue weighted by molar-refractivity contribution is 6.05. The van der Waals surface area contributed by atoms with Crippen molar-refractivity contribution in [3.8, 4) is 0 Å². The second kappa shape index (κ2) is 6.67. The molecule has 2 aromatic rings. The van der Waals surface area contributed by atoms with Crippen molar-refractivity contribution in [1.29, 1.82) is 0 Å². The number of amides is 1. The Morgan fingerprint density at radius 3 is 2.54 bits per heavy atom. The largest absolute Gasteiger partial charge is 0.336 e. The third-order valence-electron chi connectivity index (χ3n) is 5.50. The molecule has 2 saturated carbocycles. The monoisotopic (exact) mass is 354 g/mol. The molecule has 0 saturated heterocycles. The molecule has 5 nitrogen and oxygen atoms in total. The molecule has 4 rings (SSSR count). The van der Waals surface area contributed by atoms with E-state index in [1.165, 1.54) is 12.8 Å². The summed E-state index contributed by atoms with van der Waals surface area (Å²) >= 11 is 0. The van der Waals surface area contributed by atoms with Gasteiger partial charge >= 0.3 is 0 Å². The fourth-order valence-corrected chi connectivity index (χ4v) is 3.57. The van der Waals surface area contributed by atoms with E-state index in [0.29, 0.717) is 17.9 Å². The Morgan fingerprint density at radius 2 is 1.96 bits per heavy atom. The van der Waals surface area contributed by atoms with Gasteiger partial charge in [0, 0.05) is 30.2 Å². The van der Waals surface area contributed by atoms with E-state index in [1.54, 1.807) is 0 Å². The third-order valence-corrected chi connectivity index (χ3v) is 5.50. The first-order valence-electron chi connectivity index (χ1n) is 10.1. The molecule has 2 aliphatic rings. The molecule has 0 spiro atoms. The van der Waals surface area contributed by atoms with Crippen molar-refractivity contribution in [2.75, 3.05) is 6.54 Å². The van der Waals surface area contributed by atoms with E-state index >= 15 is 0 Å². The molecule has 0 bridgehead atoms. The number of hydrogen-bond donors (Lipinski definition) is 0. The normalized spacial score (nSPS) is 17.5. The van der Waals surface area contributed by atoms with Crippen LogP contribution in [0.2, 0.25) is 0 Å². The fourth-order valence-electron chi connectivity index (χ4n) is 3.57. The van der Waals surface area contributed by atoms with Gasteiger partial charge in [-0.3, -0.25) is 4.79 Å². The van der Waals surface area contributed by atoms with Crippen molar-refractivity contribution in [3.63, 3.8) is 0 Å². The molecule has 2 aliphatic carbocycles. The highest BCUT2D eigenvalue weighted by Crippen LogP contribution is 2.41. The van der Waals surface area contributed by atoms with Gasteiger partial charge in [0.2, 0.25) is 0 Å². The van der Waals surface area contributed by atoms with Gasteiger partial charge in [-0.25, -0.2) is 9.67 Å². The molecule has 5 heteroatoms. The van der Waals surface area contributed by atoms with Crippen molar-refractivity contribution < 1.29 is 4.79 Å². The quantitative estimate of drug-likeness (QED) is 0.733. The van der Waals surface area contributed by atoms with E-state index in [4.69, 9.17) is 4.98 Å². The zero-order valence-electron chi connectivity index (χ0n) is 16.4. The molecular weight excluding hydrogens is 324 g/mol. The minimum atomic E-state index is 0.172. The summed E-state index contributed by atoms with van der Waals surface area (Å²) < 4.78 is 1.95. The maximum Gasteiger partial charge on any atom is 0.254 e. The number of pyridine rings is 1. The van der Waals surface area contributed by atoms with Crippen molar-refractivity contribution in [1.82, 2.24) is 19.7 Å². The average molecular weight is 354 g/mol. The van der Waals surface area contributed by atoms with Gasteiger partial charge in [0.25, 0.3) is 5.91 Å². The molecule has 0 radical (unpaired) electrons. The molecule has 0 unspecified atom stereocenters. The average Bonchev–Trinajstić information content (AvgIpc) is 3.50. The number of hydrogen-bond acceptors (Lipinski definition) is 3. The second-order valence-corrected chi connectivity index (χ2v) is 8.70. The summed E-state index contributed by atoms with van der Waals surface area (Å²) in [6.07, 6.45) is 7.53. The van der Waals surface area contributed by atoms with Crippen LogP contribution in [0, 0.1) is 5.92 Å².